The van der Waals surface area contributed by atoms with Crippen molar-refractivity contribution in [2.45, 2.75) is 24.7 Å². The first-order chi connectivity index (χ1) is 11.5. The molecular weight excluding hydrogens is 370 g/mol. The van der Waals surface area contributed by atoms with Crippen LogP contribution in [0.5, 0.6) is 0 Å². The molecule has 24 heavy (non-hydrogen) atoms. The molecule has 2 aromatic rings. The highest BCUT2D eigenvalue weighted by Crippen LogP contribution is 2.48. The number of carboxylic acids is 1. The molecule has 0 aromatic heterocycles. The molecular formula is C19H18BrNO3. The van der Waals surface area contributed by atoms with E-state index < -0.39 is 5.97 Å². The van der Waals surface area contributed by atoms with E-state index in [-0.39, 0.29) is 16.9 Å². The number of halogens is 1. The Morgan fingerprint density at radius 2 is 1.67 bits per heavy atom. The minimum Gasteiger partial charge on any atom is -0.478 e. The van der Waals surface area contributed by atoms with Gasteiger partial charge in [-0.15, -0.1) is 0 Å². The predicted molar refractivity (Wildman–Crippen MR) is 95.2 cm³/mol. The molecule has 0 bridgehead atoms. The van der Waals surface area contributed by atoms with E-state index in [1.165, 1.54) is 0 Å². The van der Waals surface area contributed by atoms with E-state index in [2.05, 4.69) is 21.2 Å². The summed E-state index contributed by atoms with van der Waals surface area (Å²) in [4.78, 5) is 23.4. The molecule has 1 saturated carbocycles. The molecule has 1 aliphatic rings. The minimum atomic E-state index is -0.931. The van der Waals surface area contributed by atoms with Crippen molar-refractivity contribution < 1.29 is 14.7 Å². The maximum absolute atomic E-state index is 12.5. The van der Waals surface area contributed by atoms with Crippen LogP contribution in [0.1, 0.15) is 34.3 Å². The van der Waals surface area contributed by atoms with Crippen molar-refractivity contribution in [3.8, 4) is 0 Å². The van der Waals surface area contributed by atoms with Crippen LogP contribution in [0.4, 0.5) is 0 Å². The second-order valence-electron chi connectivity index (χ2n) is 6.10. The zero-order valence-electron chi connectivity index (χ0n) is 13.1. The zero-order chi connectivity index (χ0) is 17.2. The second kappa shape index (κ2) is 6.77. The van der Waals surface area contributed by atoms with Crippen LogP contribution in [0.25, 0.3) is 0 Å². The smallest absolute Gasteiger partial charge is 0.335 e. The number of rotatable bonds is 6. The fourth-order valence-electron chi connectivity index (χ4n) is 2.84. The Hall–Kier alpha value is -2.14. The number of nitrogens with one attached hydrogen (secondary N) is 1. The lowest BCUT2D eigenvalue weighted by atomic mass is 9.95. The van der Waals surface area contributed by atoms with Gasteiger partial charge in [-0.1, -0.05) is 40.2 Å². The van der Waals surface area contributed by atoms with Gasteiger partial charge in [-0.3, -0.25) is 4.79 Å². The highest BCUT2D eigenvalue weighted by Gasteiger charge is 2.50. The second-order valence-corrected chi connectivity index (χ2v) is 7.01. The van der Waals surface area contributed by atoms with E-state index in [4.69, 9.17) is 5.11 Å². The average Bonchev–Trinajstić information content (AvgIpc) is 3.38. The Balaban J connectivity index is 1.56. The van der Waals surface area contributed by atoms with E-state index in [0.717, 1.165) is 28.4 Å². The van der Waals surface area contributed by atoms with Crippen LogP contribution < -0.4 is 5.32 Å². The van der Waals surface area contributed by atoms with Crippen molar-refractivity contribution >= 4 is 27.8 Å². The van der Waals surface area contributed by atoms with Crippen LogP contribution in [-0.4, -0.2) is 23.5 Å². The molecule has 0 heterocycles. The number of hydrogen-bond donors (Lipinski definition) is 2. The third kappa shape index (κ3) is 3.51. The lowest BCUT2D eigenvalue weighted by Gasteiger charge is -2.16. The number of hydrogen-bond acceptors (Lipinski definition) is 2. The van der Waals surface area contributed by atoms with Crippen LogP contribution in [0.2, 0.25) is 0 Å². The summed E-state index contributed by atoms with van der Waals surface area (Å²) >= 11 is 3.41. The van der Waals surface area contributed by atoms with Gasteiger partial charge in [0.25, 0.3) is 0 Å². The molecule has 0 saturated heterocycles. The van der Waals surface area contributed by atoms with Gasteiger partial charge in [0.05, 0.1) is 11.0 Å². The summed E-state index contributed by atoms with van der Waals surface area (Å²) in [5.41, 5.74) is 1.98. The van der Waals surface area contributed by atoms with Gasteiger partial charge in [0.15, 0.2) is 0 Å². The molecule has 0 atom stereocenters. The molecule has 0 radical (unpaired) electrons. The standard InChI is InChI=1S/C19H18BrNO3/c20-16-7-5-15(6-8-16)19(10-11-19)18(24)21-12-9-13-1-3-14(4-2-13)17(22)23/h1-8H,9-12H2,(H,21,24)(H,22,23). The van der Waals surface area contributed by atoms with Crippen molar-refractivity contribution in [1.29, 1.82) is 0 Å². The topological polar surface area (TPSA) is 66.4 Å². The number of carbonyl (C=O) groups excluding carboxylic acids is 1. The van der Waals surface area contributed by atoms with Crippen molar-refractivity contribution in [3.63, 3.8) is 0 Å². The van der Waals surface area contributed by atoms with Crippen molar-refractivity contribution in [3.05, 3.63) is 69.7 Å². The summed E-state index contributed by atoms with van der Waals surface area (Å²) in [6, 6.07) is 14.7. The zero-order valence-corrected chi connectivity index (χ0v) is 14.7. The Labute approximate surface area is 149 Å². The van der Waals surface area contributed by atoms with Crippen molar-refractivity contribution in [2.75, 3.05) is 6.54 Å². The average molecular weight is 388 g/mol. The van der Waals surface area contributed by atoms with Gasteiger partial charge >= 0.3 is 5.97 Å². The Kier molecular flexibility index (Phi) is 4.71. The molecule has 0 unspecified atom stereocenters. The number of amides is 1. The highest BCUT2D eigenvalue weighted by atomic mass is 79.9. The molecule has 2 N–H and O–H groups in total. The molecule has 1 aliphatic carbocycles. The molecule has 1 amide bonds. The lowest BCUT2D eigenvalue weighted by Crippen LogP contribution is -2.35. The van der Waals surface area contributed by atoms with Gasteiger partial charge in [0.2, 0.25) is 5.91 Å². The molecule has 0 aliphatic heterocycles. The van der Waals surface area contributed by atoms with Crippen molar-refractivity contribution in [1.82, 2.24) is 5.32 Å². The van der Waals surface area contributed by atoms with Crippen LogP contribution in [-0.2, 0) is 16.6 Å². The highest BCUT2D eigenvalue weighted by molar-refractivity contribution is 9.10. The lowest BCUT2D eigenvalue weighted by molar-refractivity contribution is -0.123. The molecule has 0 spiro atoms. The van der Waals surface area contributed by atoms with Gasteiger partial charge in [0.1, 0.15) is 0 Å². The largest absolute Gasteiger partial charge is 0.478 e. The summed E-state index contributed by atoms with van der Waals surface area (Å²) < 4.78 is 1.01. The van der Waals surface area contributed by atoms with Crippen LogP contribution in [0.15, 0.2) is 53.0 Å². The molecule has 4 nitrogen and oxygen atoms in total. The maximum Gasteiger partial charge on any atom is 0.335 e. The first-order valence-electron chi connectivity index (χ1n) is 7.88. The van der Waals surface area contributed by atoms with E-state index in [1.54, 1.807) is 24.3 Å². The summed E-state index contributed by atoms with van der Waals surface area (Å²) in [7, 11) is 0. The summed E-state index contributed by atoms with van der Waals surface area (Å²) in [6.45, 7) is 0.545. The van der Waals surface area contributed by atoms with Crippen molar-refractivity contribution in [2.24, 2.45) is 0 Å². The van der Waals surface area contributed by atoms with E-state index in [1.807, 2.05) is 24.3 Å². The first-order valence-corrected chi connectivity index (χ1v) is 8.67. The SMILES string of the molecule is O=C(O)c1ccc(CCNC(=O)C2(c3ccc(Br)cc3)CC2)cc1. The monoisotopic (exact) mass is 387 g/mol. The van der Waals surface area contributed by atoms with Gasteiger partial charge in [-0.2, -0.15) is 0 Å². The molecule has 3 rings (SSSR count). The van der Waals surface area contributed by atoms with E-state index >= 15 is 0 Å². The van der Waals surface area contributed by atoms with Crippen LogP contribution in [0.3, 0.4) is 0 Å². The Morgan fingerprint density at radius 1 is 1.04 bits per heavy atom. The fourth-order valence-corrected chi connectivity index (χ4v) is 3.11. The first kappa shape index (κ1) is 16.7. The molecule has 5 heteroatoms. The quantitative estimate of drug-likeness (QED) is 0.796. The fraction of sp³-hybridized carbons (Fsp3) is 0.263. The minimum absolute atomic E-state index is 0.0759. The molecule has 124 valence electrons. The Bertz CT molecular complexity index is 749. The maximum atomic E-state index is 12.5. The number of benzene rings is 2. The van der Waals surface area contributed by atoms with Crippen LogP contribution >= 0.6 is 15.9 Å². The van der Waals surface area contributed by atoms with Crippen LogP contribution in [0, 0.1) is 0 Å². The normalized spacial score (nSPS) is 14.9. The third-order valence-electron chi connectivity index (χ3n) is 4.48. The van der Waals surface area contributed by atoms with E-state index in [9.17, 15) is 9.59 Å². The van der Waals surface area contributed by atoms with Gasteiger partial charge in [-0.25, -0.2) is 4.79 Å². The number of aromatic carboxylic acids is 1. The summed E-state index contributed by atoms with van der Waals surface area (Å²) in [6.07, 6.45) is 2.45. The predicted octanol–water partition coefficient (Wildman–Crippen LogP) is 3.54. The van der Waals surface area contributed by atoms with E-state index in [0.29, 0.717) is 13.0 Å². The van der Waals surface area contributed by atoms with Gasteiger partial charge in [-0.05, 0) is 54.7 Å². The Morgan fingerprint density at radius 3 is 2.21 bits per heavy atom. The molecule has 2 aromatic carbocycles. The summed E-state index contributed by atoms with van der Waals surface area (Å²) in [5.74, 6) is -0.855. The van der Waals surface area contributed by atoms with Gasteiger partial charge in [0, 0.05) is 11.0 Å². The number of carbonyl (C=O) groups is 2. The molecule has 1 fully saturated rings. The third-order valence-corrected chi connectivity index (χ3v) is 5.01. The van der Waals surface area contributed by atoms with Gasteiger partial charge < -0.3 is 10.4 Å². The number of carboxylic acid groups (broad SMARTS) is 1. The summed E-state index contributed by atoms with van der Waals surface area (Å²) in [5, 5.41) is 11.9.